The Hall–Kier alpha value is -3.81. The van der Waals surface area contributed by atoms with E-state index in [-0.39, 0.29) is 11.3 Å². The van der Waals surface area contributed by atoms with E-state index in [0.717, 1.165) is 35.6 Å². The van der Waals surface area contributed by atoms with Crippen LogP contribution in [-0.2, 0) is 0 Å². The van der Waals surface area contributed by atoms with Crippen molar-refractivity contribution in [1.82, 2.24) is 20.2 Å². The summed E-state index contributed by atoms with van der Waals surface area (Å²) in [6.45, 7) is 14.2. The minimum absolute atomic E-state index is 0.187. The Morgan fingerprint density at radius 1 is 1.06 bits per heavy atom. The average Bonchev–Trinajstić information content (AvgIpc) is 3.40. The summed E-state index contributed by atoms with van der Waals surface area (Å²) < 4.78 is 1.76. The van der Waals surface area contributed by atoms with E-state index < -0.39 is 0 Å². The van der Waals surface area contributed by atoms with E-state index in [1.54, 1.807) is 11.7 Å². The van der Waals surface area contributed by atoms with Crippen molar-refractivity contribution >= 4 is 28.7 Å². The molecule has 8 heteroatoms. The number of aromatic nitrogens is 3. The molecule has 2 heterocycles. The molecule has 0 atom stereocenters. The second-order valence-electron chi connectivity index (χ2n) is 9.64. The van der Waals surface area contributed by atoms with Crippen molar-refractivity contribution in [2.45, 2.75) is 41.5 Å². The maximum atomic E-state index is 12.8. The summed E-state index contributed by atoms with van der Waals surface area (Å²) in [6, 6.07) is 13.9. The van der Waals surface area contributed by atoms with Crippen LogP contribution in [0.2, 0.25) is 0 Å². The van der Waals surface area contributed by atoms with Gasteiger partial charge in [0.15, 0.2) is 5.82 Å². The second kappa shape index (κ2) is 9.44. The molecule has 1 aliphatic heterocycles. The Labute approximate surface area is 206 Å². The van der Waals surface area contributed by atoms with Crippen LogP contribution in [0, 0.1) is 12.3 Å². The van der Waals surface area contributed by atoms with E-state index in [9.17, 15) is 4.79 Å². The lowest BCUT2D eigenvalue weighted by molar-refractivity contribution is 0.0964. The molecule has 8 nitrogen and oxygen atoms in total. The highest BCUT2D eigenvalue weighted by atomic mass is 16.1. The van der Waals surface area contributed by atoms with Crippen molar-refractivity contribution in [2.24, 2.45) is 15.5 Å². The lowest BCUT2D eigenvalue weighted by atomic mass is 9.87. The fraction of sp³-hybridized carbons (Fsp3) is 0.370. The van der Waals surface area contributed by atoms with Crippen LogP contribution in [0.1, 0.15) is 56.4 Å². The van der Waals surface area contributed by atoms with Crippen molar-refractivity contribution < 1.29 is 4.79 Å². The zero-order valence-corrected chi connectivity index (χ0v) is 21.5. The highest BCUT2D eigenvalue weighted by Crippen LogP contribution is 2.32. The number of aliphatic imine (C=N–C) groups is 1. The Morgan fingerprint density at radius 2 is 1.77 bits per heavy atom. The number of aryl methyl sites for hydroxylation is 1. The molecule has 3 aromatic rings. The minimum Gasteiger partial charge on any atom is -0.372 e. The molecule has 0 bridgehead atoms. The quantitative estimate of drug-likeness (QED) is 0.557. The molecular weight excluding hydrogens is 438 g/mol. The molecule has 1 aromatic heterocycles. The number of fused-ring (bicyclic) bond motifs is 1. The third kappa shape index (κ3) is 4.60. The minimum atomic E-state index is -0.294. The van der Waals surface area contributed by atoms with Crippen LogP contribution in [-0.4, -0.2) is 52.3 Å². The zero-order valence-electron chi connectivity index (χ0n) is 21.5. The van der Waals surface area contributed by atoms with Gasteiger partial charge in [0.1, 0.15) is 5.71 Å². The van der Waals surface area contributed by atoms with Crippen LogP contribution in [0.5, 0.6) is 0 Å². The molecule has 182 valence electrons. The number of nitrogens with one attached hydrogen (secondary N) is 1. The van der Waals surface area contributed by atoms with Crippen molar-refractivity contribution in [3.05, 3.63) is 59.4 Å². The maximum Gasteiger partial charge on any atom is 0.253 e. The highest BCUT2D eigenvalue weighted by molar-refractivity contribution is 6.50. The molecule has 1 N–H and O–H groups in total. The fourth-order valence-corrected chi connectivity index (χ4v) is 4.19. The molecule has 0 fully saturated rings. The van der Waals surface area contributed by atoms with Gasteiger partial charge < -0.3 is 10.2 Å². The van der Waals surface area contributed by atoms with E-state index in [0.29, 0.717) is 28.6 Å². The van der Waals surface area contributed by atoms with Gasteiger partial charge in [-0.15, -0.1) is 10.2 Å². The maximum absolute atomic E-state index is 12.8. The molecule has 0 saturated carbocycles. The number of anilines is 1. The Bertz CT molecular complexity index is 1320. The lowest BCUT2D eigenvalue weighted by Crippen LogP contribution is -2.27. The fourth-order valence-electron chi connectivity index (χ4n) is 4.19. The van der Waals surface area contributed by atoms with Crippen molar-refractivity contribution in [3.63, 3.8) is 0 Å². The molecule has 0 unspecified atom stereocenters. The van der Waals surface area contributed by atoms with Crippen molar-refractivity contribution in [3.8, 4) is 11.4 Å². The van der Waals surface area contributed by atoms with E-state index in [1.807, 2.05) is 43.3 Å². The van der Waals surface area contributed by atoms with Gasteiger partial charge in [-0.25, -0.2) is 4.99 Å². The van der Waals surface area contributed by atoms with Crippen LogP contribution >= 0.6 is 0 Å². The first-order valence-corrected chi connectivity index (χ1v) is 12.0. The third-order valence-corrected chi connectivity index (χ3v) is 6.08. The molecule has 0 aliphatic carbocycles. The van der Waals surface area contributed by atoms with Gasteiger partial charge in [0, 0.05) is 36.8 Å². The zero-order chi connectivity index (χ0) is 25.3. The van der Waals surface area contributed by atoms with Gasteiger partial charge in [-0.2, -0.15) is 9.78 Å². The third-order valence-electron chi connectivity index (χ3n) is 6.08. The SMILES string of the molecule is CCN(CC)c1ccc(N=C2C(C(C)(C)C)=Nn3c2nnc3-c2cccc(C)c2)c(C(=O)NC)c1. The summed E-state index contributed by atoms with van der Waals surface area (Å²) in [5.41, 5.74) is 5.27. The molecule has 1 amide bonds. The number of rotatable bonds is 6. The number of amides is 1. The monoisotopic (exact) mass is 471 g/mol. The van der Waals surface area contributed by atoms with Crippen molar-refractivity contribution in [1.29, 1.82) is 0 Å². The summed E-state index contributed by atoms with van der Waals surface area (Å²) in [6.07, 6.45) is 0. The predicted octanol–water partition coefficient (Wildman–Crippen LogP) is 4.84. The molecule has 35 heavy (non-hydrogen) atoms. The average molecular weight is 472 g/mol. The summed E-state index contributed by atoms with van der Waals surface area (Å²) in [5, 5.41) is 16.6. The first-order valence-electron chi connectivity index (χ1n) is 12.0. The predicted molar refractivity (Wildman–Crippen MR) is 142 cm³/mol. The van der Waals surface area contributed by atoms with Gasteiger partial charge in [0.2, 0.25) is 5.82 Å². The number of benzene rings is 2. The van der Waals surface area contributed by atoms with Gasteiger partial charge >= 0.3 is 0 Å². The largest absolute Gasteiger partial charge is 0.372 e. The van der Waals surface area contributed by atoms with Crippen molar-refractivity contribution in [2.75, 3.05) is 25.0 Å². The smallest absolute Gasteiger partial charge is 0.253 e. The highest BCUT2D eigenvalue weighted by Gasteiger charge is 2.35. The lowest BCUT2D eigenvalue weighted by Gasteiger charge is -2.22. The Morgan fingerprint density at radius 3 is 2.40 bits per heavy atom. The van der Waals surface area contributed by atoms with E-state index in [2.05, 4.69) is 61.1 Å². The van der Waals surface area contributed by atoms with E-state index >= 15 is 0 Å². The second-order valence-corrected chi connectivity index (χ2v) is 9.64. The molecule has 2 aromatic carbocycles. The molecular formula is C27H33N7O. The first kappa shape index (κ1) is 24.3. The molecule has 4 rings (SSSR count). The standard InChI is InChI=1S/C27H33N7O/c1-8-33(9-2)19-13-14-21(20(16-19)26(35)28-7)29-22-23(27(4,5)6)32-34-24(30-31-25(22)34)18-12-10-11-17(3)15-18/h10-16H,8-9H2,1-7H3,(H,28,35). The van der Waals surface area contributed by atoms with E-state index in [4.69, 9.17) is 10.1 Å². The van der Waals surface area contributed by atoms with Crippen LogP contribution in [0.25, 0.3) is 11.4 Å². The van der Waals surface area contributed by atoms with Crippen LogP contribution in [0.3, 0.4) is 0 Å². The molecule has 1 aliphatic rings. The van der Waals surface area contributed by atoms with Gasteiger partial charge in [-0.05, 0) is 45.0 Å². The van der Waals surface area contributed by atoms with Gasteiger partial charge in [0.05, 0.1) is 17.0 Å². The Balaban J connectivity index is 1.89. The number of nitrogens with zero attached hydrogens (tertiary/aromatic N) is 6. The number of hydrogen-bond donors (Lipinski definition) is 1. The number of carbonyl (C=O) groups is 1. The summed E-state index contributed by atoms with van der Waals surface area (Å²) in [5.74, 6) is 1.05. The molecule has 0 saturated heterocycles. The summed E-state index contributed by atoms with van der Waals surface area (Å²) >= 11 is 0. The molecule has 0 radical (unpaired) electrons. The number of carbonyl (C=O) groups excluding carboxylic acids is 1. The molecule has 0 spiro atoms. The van der Waals surface area contributed by atoms with E-state index in [1.165, 1.54) is 0 Å². The first-order chi connectivity index (χ1) is 16.7. The summed E-state index contributed by atoms with van der Waals surface area (Å²) in [7, 11) is 1.63. The summed E-state index contributed by atoms with van der Waals surface area (Å²) in [4.78, 5) is 20.0. The van der Waals surface area contributed by atoms with Gasteiger partial charge in [0.25, 0.3) is 5.91 Å². The topological polar surface area (TPSA) is 87.8 Å². The van der Waals surface area contributed by atoms with Crippen LogP contribution in [0.15, 0.2) is 52.6 Å². The van der Waals surface area contributed by atoms with Crippen LogP contribution in [0.4, 0.5) is 11.4 Å². The Kier molecular flexibility index (Phi) is 6.56. The van der Waals surface area contributed by atoms with Crippen LogP contribution < -0.4 is 10.2 Å². The normalized spacial score (nSPS) is 14.1. The number of hydrogen-bond acceptors (Lipinski definition) is 6. The van der Waals surface area contributed by atoms with Gasteiger partial charge in [-0.1, -0.05) is 44.5 Å². The van der Waals surface area contributed by atoms with Gasteiger partial charge in [-0.3, -0.25) is 4.79 Å².